The normalized spacial score (nSPS) is 52.9. The van der Waals surface area contributed by atoms with Gasteiger partial charge in [0.25, 0.3) is 0 Å². The van der Waals surface area contributed by atoms with E-state index < -0.39 is 158 Å². The van der Waals surface area contributed by atoms with Crippen LogP contribution in [-0.2, 0) is 28.4 Å². The Balaban J connectivity index is 1.20. The lowest BCUT2D eigenvalue weighted by Crippen LogP contribution is -2.71. The summed E-state index contributed by atoms with van der Waals surface area (Å²) in [6, 6.07) is 0. The van der Waals surface area contributed by atoms with Gasteiger partial charge in [-0.1, -0.05) is 46.3 Å². The van der Waals surface area contributed by atoms with Crippen molar-refractivity contribution in [3.63, 3.8) is 0 Å². The molecule has 0 bridgehead atoms. The van der Waals surface area contributed by atoms with Gasteiger partial charge in [0.1, 0.15) is 73.2 Å². The highest BCUT2D eigenvalue weighted by Gasteiger charge is 2.74. The van der Waals surface area contributed by atoms with Crippen LogP contribution in [-0.4, -0.2) is 202 Å². The van der Waals surface area contributed by atoms with E-state index in [9.17, 15) is 66.4 Å². The van der Waals surface area contributed by atoms with Crippen molar-refractivity contribution < 1.29 is 94.8 Å². The Hall–Kier alpha value is -1.02. The molecule has 7 fully saturated rings. The van der Waals surface area contributed by atoms with Crippen molar-refractivity contribution in [2.75, 3.05) is 19.8 Å². The van der Waals surface area contributed by atoms with Crippen LogP contribution in [0.1, 0.15) is 107 Å². The average molecular weight is 963 g/mol. The Morgan fingerprint density at radius 3 is 1.78 bits per heavy atom. The summed E-state index contributed by atoms with van der Waals surface area (Å²) < 4.78 is 37.1. The van der Waals surface area contributed by atoms with Gasteiger partial charge in [-0.25, -0.2) is 0 Å². The molecule has 19 heteroatoms. The first-order valence-electron chi connectivity index (χ1n) is 24.5. The van der Waals surface area contributed by atoms with Crippen LogP contribution >= 0.6 is 0 Å². The number of ether oxygens (including phenoxy) is 6. The minimum atomic E-state index is -1.78. The van der Waals surface area contributed by atoms with E-state index in [0.29, 0.717) is 51.4 Å². The summed E-state index contributed by atoms with van der Waals surface area (Å²) in [4.78, 5) is 0. The van der Waals surface area contributed by atoms with Gasteiger partial charge in [-0.3, -0.25) is 0 Å². The molecule has 4 aliphatic carbocycles. The summed E-state index contributed by atoms with van der Waals surface area (Å²) in [5, 5.41) is 142. The summed E-state index contributed by atoms with van der Waals surface area (Å²) >= 11 is 0. The number of hydrogen-bond donors (Lipinski definition) is 13. The molecule has 0 aromatic carbocycles. The van der Waals surface area contributed by atoms with Gasteiger partial charge in [0.15, 0.2) is 18.9 Å². The second-order valence-electron chi connectivity index (χ2n) is 23.1. The third kappa shape index (κ3) is 9.13. The topological polar surface area (TPSA) is 318 Å². The summed E-state index contributed by atoms with van der Waals surface area (Å²) in [5.41, 5.74) is -2.41. The van der Waals surface area contributed by atoms with Crippen LogP contribution in [0.4, 0.5) is 0 Å². The largest absolute Gasteiger partial charge is 0.394 e. The van der Waals surface area contributed by atoms with Gasteiger partial charge in [0.05, 0.1) is 43.7 Å². The van der Waals surface area contributed by atoms with E-state index in [-0.39, 0.29) is 23.7 Å². The molecule has 19 nitrogen and oxygen atoms in total. The van der Waals surface area contributed by atoms with Crippen LogP contribution in [0.5, 0.6) is 0 Å². The molecule has 0 aromatic heterocycles. The lowest BCUT2D eigenvalue weighted by molar-refractivity contribution is -0.357. The van der Waals surface area contributed by atoms with Gasteiger partial charge in [0.2, 0.25) is 0 Å². The predicted octanol–water partition coefficient (Wildman–Crippen LogP) is -1.06. The highest BCUT2D eigenvalue weighted by molar-refractivity contribution is 5.22. The SMILES string of the molecule is CC(C)=CCCC(C)(OC1OC(CO)C(O)C(O)C1O)C1CCC2(C)C1C(O)CC1C3(C)CCC(O)C(C)(C)C3C(OC3OC(COC4OC(CO)C(O)C(O)C4O)C(O)C(O)C3O)CC12C. The number of aliphatic hydroxyl groups excluding tert-OH is 13. The summed E-state index contributed by atoms with van der Waals surface area (Å²) in [6.45, 7) is 14.7. The van der Waals surface area contributed by atoms with Gasteiger partial charge in [-0.05, 0) is 117 Å². The Morgan fingerprint density at radius 2 is 1.19 bits per heavy atom. The Kier molecular flexibility index (Phi) is 15.9. The Bertz CT molecular complexity index is 1710. The quantitative estimate of drug-likeness (QED) is 0.0773. The second kappa shape index (κ2) is 19.8. The average Bonchev–Trinajstić information content (AvgIpc) is 3.66. The molecule has 26 atom stereocenters. The maximum Gasteiger partial charge on any atom is 0.187 e. The zero-order valence-electron chi connectivity index (χ0n) is 40.3. The van der Waals surface area contributed by atoms with Crippen LogP contribution in [0.2, 0.25) is 0 Å². The molecule has 4 saturated carbocycles. The van der Waals surface area contributed by atoms with Gasteiger partial charge < -0.3 is 94.8 Å². The number of allylic oxidation sites excluding steroid dienone is 2. The highest BCUT2D eigenvalue weighted by Crippen LogP contribution is 2.76. The Morgan fingerprint density at radius 1 is 0.657 bits per heavy atom. The van der Waals surface area contributed by atoms with Crippen LogP contribution in [0.25, 0.3) is 0 Å². The molecular formula is C48H82O19. The lowest BCUT2D eigenvalue weighted by Gasteiger charge is -2.72. The van der Waals surface area contributed by atoms with E-state index in [1.165, 1.54) is 0 Å². The zero-order chi connectivity index (χ0) is 49.5. The van der Waals surface area contributed by atoms with E-state index in [1.54, 1.807) is 0 Å². The standard InChI is InChI=1S/C48H82O19/c1-21(2)10-9-13-48(8,67-43-39(61)35(57)32(54)26(19-50)65-43)22-11-15-46(6)30(22)23(51)16-28-45(5)14-12-29(52)44(3,4)40(45)24(17-47(28,46)7)63-42-38(60)36(58)33(55)27(66-42)20-62-41-37(59)34(56)31(53)25(18-49)64-41/h10,22-43,49-61H,9,11-20H2,1-8H3. The molecule has 7 rings (SSSR count). The number of fused-ring (bicyclic) bond motifs is 5. The molecule has 7 aliphatic rings. The van der Waals surface area contributed by atoms with E-state index in [4.69, 9.17) is 28.4 Å². The van der Waals surface area contributed by atoms with Crippen LogP contribution < -0.4 is 0 Å². The van der Waals surface area contributed by atoms with Crippen LogP contribution in [0, 0.1) is 45.3 Å². The van der Waals surface area contributed by atoms with Gasteiger partial charge in [-0.15, -0.1) is 0 Å². The van der Waals surface area contributed by atoms with Gasteiger partial charge in [0, 0.05) is 0 Å². The molecule has 0 radical (unpaired) electrons. The number of hydrogen-bond acceptors (Lipinski definition) is 19. The monoisotopic (exact) mass is 963 g/mol. The van der Waals surface area contributed by atoms with Crippen LogP contribution in [0.15, 0.2) is 11.6 Å². The Labute approximate surface area is 393 Å². The molecule has 26 unspecified atom stereocenters. The molecule has 0 spiro atoms. The van der Waals surface area contributed by atoms with E-state index in [0.717, 1.165) is 5.57 Å². The molecule has 3 saturated heterocycles. The van der Waals surface area contributed by atoms with Crippen molar-refractivity contribution >= 4 is 0 Å². The van der Waals surface area contributed by atoms with E-state index in [1.807, 2.05) is 34.6 Å². The van der Waals surface area contributed by atoms with Gasteiger partial charge >= 0.3 is 0 Å². The molecule has 13 N–H and O–H groups in total. The minimum absolute atomic E-state index is 0.0841. The zero-order valence-corrected chi connectivity index (χ0v) is 40.3. The fourth-order valence-corrected chi connectivity index (χ4v) is 14.8. The molecule has 3 aliphatic heterocycles. The summed E-state index contributed by atoms with van der Waals surface area (Å²) in [5.74, 6) is -1.11. The second-order valence-corrected chi connectivity index (χ2v) is 23.1. The van der Waals surface area contributed by atoms with Crippen molar-refractivity contribution in [2.45, 2.75) is 223 Å². The van der Waals surface area contributed by atoms with E-state index >= 15 is 0 Å². The highest BCUT2D eigenvalue weighted by atomic mass is 16.7. The number of aliphatic hydroxyl groups is 13. The maximum atomic E-state index is 12.7. The number of rotatable bonds is 13. The third-order valence-electron chi connectivity index (χ3n) is 18.7. The van der Waals surface area contributed by atoms with Crippen molar-refractivity contribution in [3.8, 4) is 0 Å². The summed E-state index contributed by atoms with van der Waals surface area (Å²) in [6.07, 6.45) is -19.3. The predicted molar refractivity (Wildman–Crippen MR) is 235 cm³/mol. The molecule has 0 aromatic rings. The first kappa shape index (κ1) is 53.8. The maximum absolute atomic E-state index is 12.7. The smallest absolute Gasteiger partial charge is 0.187 e. The first-order chi connectivity index (χ1) is 31.2. The molecule has 67 heavy (non-hydrogen) atoms. The fourth-order valence-electron chi connectivity index (χ4n) is 14.8. The molecule has 3 heterocycles. The van der Waals surface area contributed by atoms with Crippen molar-refractivity contribution in [3.05, 3.63) is 11.6 Å². The third-order valence-corrected chi connectivity index (χ3v) is 18.7. The van der Waals surface area contributed by atoms with Crippen molar-refractivity contribution in [1.29, 1.82) is 0 Å². The van der Waals surface area contributed by atoms with E-state index in [2.05, 4.69) is 26.8 Å². The lowest BCUT2D eigenvalue weighted by atomic mass is 9.34. The summed E-state index contributed by atoms with van der Waals surface area (Å²) in [7, 11) is 0. The molecule has 388 valence electrons. The van der Waals surface area contributed by atoms with Gasteiger partial charge in [-0.2, -0.15) is 0 Å². The first-order valence-corrected chi connectivity index (χ1v) is 24.5. The van der Waals surface area contributed by atoms with Crippen LogP contribution in [0.3, 0.4) is 0 Å². The fraction of sp³-hybridized carbons (Fsp3) is 0.958. The van der Waals surface area contributed by atoms with Crippen molar-refractivity contribution in [2.24, 2.45) is 45.3 Å². The molecular weight excluding hydrogens is 881 g/mol. The van der Waals surface area contributed by atoms with Crippen molar-refractivity contribution in [1.82, 2.24) is 0 Å². The molecule has 0 amide bonds. The minimum Gasteiger partial charge on any atom is -0.394 e.